The molecule has 0 heterocycles. The lowest BCUT2D eigenvalue weighted by Gasteiger charge is -2.23. The molecule has 2 fully saturated rings. The molecule has 0 aromatic rings. The molecule has 0 aliphatic heterocycles. The summed E-state index contributed by atoms with van der Waals surface area (Å²) in [5, 5.41) is 2.99. The number of ether oxygens (including phenoxy) is 1. The average molecular weight is 226 g/mol. The first-order valence-electron chi connectivity index (χ1n) is 6.12. The van der Waals surface area contributed by atoms with Crippen LogP contribution in [0.2, 0.25) is 0 Å². The van der Waals surface area contributed by atoms with Crippen LogP contribution in [0.25, 0.3) is 0 Å². The largest absolute Gasteiger partial charge is 0.444 e. The van der Waals surface area contributed by atoms with E-state index in [4.69, 9.17) is 10.5 Å². The minimum atomic E-state index is -0.427. The molecule has 92 valence electrons. The number of nitrogens with one attached hydrogen (secondary N) is 1. The summed E-state index contributed by atoms with van der Waals surface area (Å²) in [5.41, 5.74) is 5.59. The predicted molar refractivity (Wildman–Crippen MR) is 62.0 cm³/mol. The van der Waals surface area contributed by atoms with E-state index in [9.17, 15) is 4.79 Å². The van der Waals surface area contributed by atoms with Crippen molar-refractivity contribution < 1.29 is 9.53 Å². The van der Waals surface area contributed by atoms with E-state index in [0.29, 0.717) is 11.8 Å². The van der Waals surface area contributed by atoms with Gasteiger partial charge < -0.3 is 15.8 Å². The molecule has 0 unspecified atom stereocenters. The van der Waals surface area contributed by atoms with Crippen LogP contribution in [-0.2, 0) is 4.74 Å². The lowest BCUT2D eigenvalue weighted by atomic mass is 9.96. The summed E-state index contributed by atoms with van der Waals surface area (Å²) in [7, 11) is 0. The van der Waals surface area contributed by atoms with Gasteiger partial charge in [-0.05, 0) is 51.9 Å². The van der Waals surface area contributed by atoms with Crippen LogP contribution in [0.5, 0.6) is 0 Å². The van der Waals surface area contributed by atoms with Gasteiger partial charge in [0.25, 0.3) is 0 Å². The first kappa shape index (κ1) is 11.7. The smallest absolute Gasteiger partial charge is 0.407 e. The van der Waals surface area contributed by atoms with Crippen LogP contribution in [0.3, 0.4) is 0 Å². The highest BCUT2D eigenvalue weighted by atomic mass is 16.6. The van der Waals surface area contributed by atoms with E-state index in [0.717, 1.165) is 12.8 Å². The number of nitrogens with two attached hydrogens (primary N) is 1. The molecule has 4 heteroatoms. The highest BCUT2D eigenvalue weighted by Crippen LogP contribution is 2.43. The number of fused-ring (bicyclic) bond motifs is 2. The minimum Gasteiger partial charge on any atom is -0.444 e. The first-order valence-corrected chi connectivity index (χ1v) is 6.12. The van der Waals surface area contributed by atoms with Gasteiger partial charge in [-0.25, -0.2) is 4.79 Å². The zero-order valence-electron chi connectivity index (χ0n) is 10.3. The maximum absolute atomic E-state index is 11.7. The summed E-state index contributed by atoms with van der Waals surface area (Å²) in [5.74, 6) is 1.02. The van der Waals surface area contributed by atoms with Crippen LogP contribution in [0.4, 0.5) is 4.79 Å². The minimum absolute atomic E-state index is 0.241. The Morgan fingerprint density at radius 1 is 1.38 bits per heavy atom. The molecule has 0 spiro atoms. The average Bonchev–Trinajstić information content (AvgIpc) is 2.57. The van der Waals surface area contributed by atoms with Crippen molar-refractivity contribution in [2.45, 2.75) is 57.7 Å². The summed E-state index contributed by atoms with van der Waals surface area (Å²) in [6.07, 6.45) is 3.08. The van der Waals surface area contributed by atoms with Crippen molar-refractivity contribution in [2.24, 2.45) is 17.6 Å². The van der Waals surface area contributed by atoms with Gasteiger partial charge >= 0.3 is 6.09 Å². The number of amides is 1. The fourth-order valence-electron chi connectivity index (χ4n) is 3.05. The summed E-state index contributed by atoms with van der Waals surface area (Å²) in [6, 6.07) is 0.503. The molecule has 1 amide bonds. The van der Waals surface area contributed by atoms with Crippen molar-refractivity contribution in [1.82, 2.24) is 5.32 Å². The molecule has 0 radical (unpaired) electrons. The highest BCUT2D eigenvalue weighted by Gasteiger charge is 2.47. The fraction of sp³-hybridized carbons (Fsp3) is 0.917. The Kier molecular flexibility index (Phi) is 2.86. The molecule has 0 aromatic carbocycles. The molecular weight excluding hydrogens is 204 g/mol. The normalized spacial score (nSPS) is 37.5. The number of carbonyl (C=O) groups excluding carboxylic acids is 1. The molecule has 2 bridgehead atoms. The van der Waals surface area contributed by atoms with Gasteiger partial charge in [0.1, 0.15) is 5.60 Å². The highest BCUT2D eigenvalue weighted by molar-refractivity contribution is 5.68. The number of hydrogen-bond acceptors (Lipinski definition) is 3. The molecule has 2 saturated carbocycles. The molecular formula is C12H22N2O2. The lowest BCUT2D eigenvalue weighted by Crippen LogP contribution is -2.43. The Balaban J connectivity index is 1.89. The maximum atomic E-state index is 11.7. The van der Waals surface area contributed by atoms with Crippen LogP contribution < -0.4 is 11.1 Å². The van der Waals surface area contributed by atoms with Gasteiger partial charge in [0.2, 0.25) is 0 Å². The van der Waals surface area contributed by atoms with E-state index >= 15 is 0 Å². The fourth-order valence-corrected chi connectivity index (χ4v) is 3.05. The predicted octanol–water partition coefficient (Wildman–Crippen LogP) is 1.64. The Hall–Kier alpha value is -0.770. The molecule has 4 nitrogen and oxygen atoms in total. The van der Waals surface area contributed by atoms with Crippen molar-refractivity contribution >= 4 is 6.09 Å². The second-order valence-corrected chi connectivity index (χ2v) is 6.07. The van der Waals surface area contributed by atoms with Crippen molar-refractivity contribution in [3.8, 4) is 0 Å². The standard InChI is InChI=1S/C12H22N2O2/c1-12(2,3)16-11(15)14-10-7-4-5-8(10)9(13)6-7/h7-10H,4-6,13H2,1-3H3,(H,14,15)/t7-,8-,9+,10-/m1/s1. The van der Waals surface area contributed by atoms with Crippen molar-refractivity contribution in [3.05, 3.63) is 0 Å². The van der Waals surface area contributed by atoms with Gasteiger partial charge in [-0.3, -0.25) is 0 Å². The molecule has 3 N–H and O–H groups in total. The van der Waals surface area contributed by atoms with Gasteiger partial charge in [0, 0.05) is 12.1 Å². The van der Waals surface area contributed by atoms with E-state index in [-0.39, 0.29) is 18.2 Å². The Morgan fingerprint density at radius 3 is 2.50 bits per heavy atom. The summed E-state index contributed by atoms with van der Waals surface area (Å²) in [6.45, 7) is 5.63. The molecule has 0 aromatic heterocycles. The van der Waals surface area contributed by atoms with Gasteiger partial charge in [-0.15, -0.1) is 0 Å². The van der Waals surface area contributed by atoms with Crippen molar-refractivity contribution in [2.75, 3.05) is 0 Å². The zero-order chi connectivity index (χ0) is 11.9. The molecule has 16 heavy (non-hydrogen) atoms. The van der Waals surface area contributed by atoms with E-state index in [2.05, 4.69) is 5.32 Å². The van der Waals surface area contributed by atoms with Crippen molar-refractivity contribution in [3.63, 3.8) is 0 Å². The van der Waals surface area contributed by atoms with Gasteiger partial charge in [0.15, 0.2) is 0 Å². The Labute approximate surface area is 96.9 Å². The van der Waals surface area contributed by atoms with Gasteiger partial charge in [-0.1, -0.05) is 0 Å². The van der Waals surface area contributed by atoms with Crippen LogP contribution in [-0.4, -0.2) is 23.8 Å². The molecule has 0 saturated heterocycles. The van der Waals surface area contributed by atoms with E-state index < -0.39 is 5.60 Å². The number of rotatable bonds is 1. The number of carbonyl (C=O) groups is 1. The molecule has 2 aliphatic rings. The van der Waals surface area contributed by atoms with Crippen LogP contribution in [0, 0.1) is 11.8 Å². The maximum Gasteiger partial charge on any atom is 0.407 e. The monoisotopic (exact) mass is 226 g/mol. The number of alkyl carbamates (subject to hydrolysis) is 1. The second kappa shape index (κ2) is 3.91. The lowest BCUT2D eigenvalue weighted by molar-refractivity contribution is 0.0490. The van der Waals surface area contributed by atoms with E-state index in [1.807, 2.05) is 20.8 Å². The van der Waals surface area contributed by atoms with Crippen LogP contribution in [0.1, 0.15) is 40.0 Å². The van der Waals surface area contributed by atoms with E-state index in [1.165, 1.54) is 6.42 Å². The van der Waals surface area contributed by atoms with Gasteiger partial charge in [0.05, 0.1) is 0 Å². The molecule has 2 aliphatic carbocycles. The first-order chi connectivity index (χ1) is 7.37. The SMILES string of the molecule is CC(C)(C)OC(=O)N[C@@H]1[C@@H]2CC[C@@H]1[C@@H](N)C2. The summed E-state index contributed by atoms with van der Waals surface area (Å²) >= 11 is 0. The third kappa shape index (κ3) is 2.32. The summed E-state index contributed by atoms with van der Waals surface area (Å²) in [4.78, 5) is 11.7. The Bertz CT molecular complexity index is 285. The number of hydrogen-bond donors (Lipinski definition) is 2. The Morgan fingerprint density at radius 2 is 2.06 bits per heavy atom. The topological polar surface area (TPSA) is 64.3 Å². The third-order valence-electron chi connectivity index (χ3n) is 3.65. The molecule has 2 rings (SSSR count). The van der Waals surface area contributed by atoms with E-state index in [1.54, 1.807) is 0 Å². The van der Waals surface area contributed by atoms with Crippen LogP contribution in [0.15, 0.2) is 0 Å². The van der Waals surface area contributed by atoms with Crippen molar-refractivity contribution in [1.29, 1.82) is 0 Å². The van der Waals surface area contributed by atoms with Gasteiger partial charge in [-0.2, -0.15) is 0 Å². The third-order valence-corrected chi connectivity index (χ3v) is 3.65. The molecule has 4 atom stereocenters. The quantitative estimate of drug-likeness (QED) is 0.714. The second-order valence-electron chi connectivity index (χ2n) is 6.07. The summed E-state index contributed by atoms with van der Waals surface area (Å²) < 4.78 is 5.27. The zero-order valence-corrected chi connectivity index (χ0v) is 10.3. The van der Waals surface area contributed by atoms with Crippen LogP contribution >= 0.6 is 0 Å².